The lowest BCUT2D eigenvalue weighted by Gasteiger charge is -2.36. The van der Waals surface area contributed by atoms with Crippen LogP contribution in [0.1, 0.15) is 66.2 Å². The van der Waals surface area contributed by atoms with Crippen LogP contribution in [0.2, 0.25) is 35.3 Å². The molecule has 2 atom stereocenters. The zero-order valence-corrected chi connectivity index (χ0v) is 41.4. The number of nitrogens with zero attached hydrogens (tertiary/aromatic N) is 2. The molecule has 310 valence electrons. The van der Waals surface area contributed by atoms with E-state index in [4.69, 9.17) is 37.9 Å². The standard InChI is InChI=1S/C34H78N4O10Si4/c1-9-45-29(46-10-2)23-27(49)15-18-36-34(40)38(20-16-28(50)24-30(47-11-3)48-12-4)37(19-14-22-52-26-32(43-7)44-8)33(39)35-17-13-21-51-25-31(41-5)42-6/h27-32H,9-26,51-52H2,1-8,49-50H3,(H,35,39)(H,36,40). The van der Waals surface area contributed by atoms with Crippen molar-refractivity contribution in [2.45, 2.75) is 127 Å². The minimum atomic E-state index is -0.476. The lowest BCUT2D eigenvalue weighted by atomic mass is 10.2. The third kappa shape index (κ3) is 25.2. The first kappa shape index (κ1) is 51.1. The number of methoxy groups -OCH3 is 4. The van der Waals surface area contributed by atoms with Crippen LogP contribution in [-0.4, -0.2) is 168 Å². The molecule has 0 aromatic heterocycles. The molecule has 0 saturated carbocycles. The summed E-state index contributed by atoms with van der Waals surface area (Å²) in [5, 5.41) is 9.57. The van der Waals surface area contributed by atoms with Crippen LogP contribution >= 0.6 is 0 Å². The second-order valence-corrected chi connectivity index (χ2v) is 20.4. The third-order valence-electron chi connectivity index (χ3n) is 8.86. The first-order valence-electron chi connectivity index (χ1n) is 19.8. The maximum absolute atomic E-state index is 14.0. The van der Waals surface area contributed by atoms with Crippen LogP contribution in [0.5, 0.6) is 0 Å². The zero-order valence-electron chi connectivity index (χ0n) is 34.6. The number of rotatable bonds is 34. The first-order valence-corrected chi connectivity index (χ1v) is 26.1. The van der Waals surface area contributed by atoms with Crippen molar-refractivity contribution in [3.05, 3.63) is 0 Å². The van der Waals surface area contributed by atoms with Crippen molar-refractivity contribution in [2.24, 2.45) is 0 Å². The normalized spacial score (nSPS) is 13.5. The molecular weight excluding hydrogens is 737 g/mol. The molecular formula is C34H78N4O10Si4. The van der Waals surface area contributed by atoms with Crippen molar-refractivity contribution in [3.8, 4) is 0 Å². The van der Waals surface area contributed by atoms with Crippen molar-refractivity contribution < 1.29 is 47.5 Å². The van der Waals surface area contributed by atoms with E-state index in [0.29, 0.717) is 63.7 Å². The van der Waals surface area contributed by atoms with Gasteiger partial charge >= 0.3 is 12.1 Å². The number of urea groups is 2. The highest BCUT2D eigenvalue weighted by Crippen LogP contribution is 2.20. The Labute approximate surface area is 326 Å². The van der Waals surface area contributed by atoms with E-state index in [9.17, 15) is 9.59 Å². The van der Waals surface area contributed by atoms with Gasteiger partial charge in [0.2, 0.25) is 0 Å². The molecule has 0 spiro atoms. The molecule has 0 aliphatic carbocycles. The van der Waals surface area contributed by atoms with Gasteiger partial charge in [-0.1, -0.05) is 12.1 Å². The highest BCUT2D eigenvalue weighted by Gasteiger charge is 2.27. The molecule has 18 heteroatoms. The molecule has 2 unspecified atom stereocenters. The summed E-state index contributed by atoms with van der Waals surface area (Å²) in [7, 11) is 7.66. The van der Waals surface area contributed by atoms with Crippen LogP contribution in [-0.2, 0) is 37.9 Å². The molecule has 0 radical (unpaired) electrons. The van der Waals surface area contributed by atoms with Crippen LogP contribution in [0, 0.1) is 0 Å². The molecule has 0 aliphatic heterocycles. The average molecular weight is 815 g/mol. The van der Waals surface area contributed by atoms with Gasteiger partial charge in [0.25, 0.3) is 0 Å². The summed E-state index contributed by atoms with van der Waals surface area (Å²) in [5.74, 6) is 0. The predicted molar refractivity (Wildman–Crippen MR) is 221 cm³/mol. The Morgan fingerprint density at radius 3 is 1.42 bits per heavy atom. The molecule has 14 nitrogen and oxygen atoms in total. The molecule has 0 aliphatic rings. The highest BCUT2D eigenvalue weighted by atomic mass is 28.2. The smallest absolute Gasteiger partial charge is 0.336 e. The number of hydrogen-bond donors (Lipinski definition) is 2. The van der Waals surface area contributed by atoms with Gasteiger partial charge in [0.1, 0.15) is 0 Å². The number of hydrogen-bond acceptors (Lipinski definition) is 10. The molecule has 52 heavy (non-hydrogen) atoms. The zero-order chi connectivity index (χ0) is 39.0. The Bertz CT molecular complexity index is 844. The Morgan fingerprint density at radius 2 is 0.981 bits per heavy atom. The summed E-state index contributed by atoms with van der Waals surface area (Å²) in [5.41, 5.74) is 0.750. The van der Waals surface area contributed by atoms with Gasteiger partial charge in [-0.15, -0.1) is 0 Å². The fourth-order valence-electron chi connectivity index (χ4n) is 5.84. The van der Waals surface area contributed by atoms with E-state index in [1.165, 1.54) is 0 Å². The van der Waals surface area contributed by atoms with E-state index in [1.54, 1.807) is 38.5 Å². The summed E-state index contributed by atoms with van der Waals surface area (Å²) in [6.45, 7) is 12.2. The number of nitrogens with one attached hydrogen (secondary N) is 2. The van der Waals surface area contributed by atoms with Gasteiger partial charge < -0.3 is 48.5 Å². The molecule has 0 aromatic rings. The molecule has 0 fully saturated rings. The minimum absolute atomic E-state index is 0.153. The number of hydrazine groups is 1. The quantitative estimate of drug-likeness (QED) is 0.0427. The van der Waals surface area contributed by atoms with Crippen LogP contribution in [0.4, 0.5) is 9.59 Å². The molecule has 4 amide bonds. The van der Waals surface area contributed by atoms with Crippen molar-refractivity contribution in [3.63, 3.8) is 0 Å². The Balaban J connectivity index is 5.83. The number of carbonyl (C=O) groups is 2. The van der Waals surface area contributed by atoms with Gasteiger partial charge in [-0.25, -0.2) is 19.6 Å². The van der Waals surface area contributed by atoms with Crippen LogP contribution < -0.4 is 10.6 Å². The summed E-state index contributed by atoms with van der Waals surface area (Å²) < 4.78 is 44.6. The second kappa shape index (κ2) is 34.6. The van der Waals surface area contributed by atoms with Crippen molar-refractivity contribution in [1.82, 2.24) is 20.7 Å². The topological polar surface area (TPSA) is 139 Å². The van der Waals surface area contributed by atoms with Gasteiger partial charge in [-0.3, -0.25) is 0 Å². The number of ether oxygens (including phenoxy) is 8. The van der Waals surface area contributed by atoms with E-state index in [0.717, 1.165) is 83.2 Å². The molecule has 0 bridgehead atoms. The van der Waals surface area contributed by atoms with E-state index in [-0.39, 0.29) is 46.7 Å². The fraction of sp³-hybridized carbons (Fsp3) is 0.941. The lowest BCUT2D eigenvalue weighted by molar-refractivity contribution is -0.140. The van der Waals surface area contributed by atoms with Crippen molar-refractivity contribution >= 4 is 51.6 Å². The summed E-state index contributed by atoms with van der Waals surface area (Å²) >= 11 is 0. The van der Waals surface area contributed by atoms with Gasteiger partial charge in [0, 0.05) is 121 Å². The maximum atomic E-state index is 14.0. The number of carbonyl (C=O) groups excluding carboxylic acids is 2. The second-order valence-electron chi connectivity index (χ2n) is 13.2. The van der Waals surface area contributed by atoms with E-state index >= 15 is 0 Å². The van der Waals surface area contributed by atoms with Gasteiger partial charge in [0.05, 0.1) is 0 Å². The van der Waals surface area contributed by atoms with E-state index < -0.39 is 9.52 Å². The Hall–Kier alpha value is -0.912. The average Bonchev–Trinajstić information content (AvgIpc) is 3.12. The largest absolute Gasteiger partial charge is 0.356 e. The van der Waals surface area contributed by atoms with Gasteiger partial charge in [-0.2, -0.15) is 0 Å². The lowest BCUT2D eigenvalue weighted by Crippen LogP contribution is -2.57. The van der Waals surface area contributed by atoms with Gasteiger partial charge in [0.15, 0.2) is 25.2 Å². The van der Waals surface area contributed by atoms with Crippen LogP contribution in [0.25, 0.3) is 0 Å². The molecule has 0 heterocycles. The Kier molecular flexibility index (Phi) is 34.0. The maximum Gasteiger partial charge on any atom is 0.336 e. The van der Waals surface area contributed by atoms with Crippen LogP contribution in [0.3, 0.4) is 0 Å². The Morgan fingerprint density at radius 1 is 0.577 bits per heavy atom. The first-order chi connectivity index (χ1) is 25.1. The molecule has 0 aromatic carbocycles. The molecule has 2 N–H and O–H groups in total. The number of amides is 4. The molecule has 0 rings (SSSR count). The van der Waals surface area contributed by atoms with Crippen molar-refractivity contribution in [2.75, 3.05) is 81.0 Å². The summed E-state index contributed by atoms with van der Waals surface area (Å²) in [6, 6.07) is 3.43. The van der Waals surface area contributed by atoms with Gasteiger partial charge in [-0.05, 0) is 89.4 Å². The van der Waals surface area contributed by atoms with E-state index in [2.05, 4.69) is 10.6 Å². The SMILES string of the molecule is CCOC(CC([SiH3])CCNC(=O)N(CCC([SiH3])CC(OCC)OCC)N(CCC[SiH2]CC(OC)OC)C(=O)NCCC[SiH2]CC(OC)OC)OCC. The highest BCUT2D eigenvalue weighted by molar-refractivity contribution is 6.35. The van der Waals surface area contributed by atoms with Crippen LogP contribution in [0.15, 0.2) is 0 Å². The molecule has 0 saturated heterocycles. The summed E-state index contributed by atoms with van der Waals surface area (Å²) in [4.78, 5) is 27.9. The summed E-state index contributed by atoms with van der Waals surface area (Å²) in [6.07, 6.45) is 4.00. The third-order valence-corrected chi connectivity index (χ3v) is 14.7. The fourth-order valence-corrected chi connectivity index (χ4v) is 10.5. The predicted octanol–water partition coefficient (Wildman–Crippen LogP) is 1.62. The van der Waals surface area contributed by atoms with Crippen molar-refractivity contribution in [1.29, 1.82) is 0 Å². The monoisotopic (exact) mass is 814 g/mol. The minimum Gasteiger partial charge on any atom is -0.356 e. The van der Waals surface area contributed by atoms with E-state index in [1.807, 2.05) is 27.7 Å².